The van der Waals surface area contributed by atoms with Crippen LogP contribution in [0.25, 0.3) is 17.2 Å². The van der Waals surface area contributed by atoms with Crippen LogP contribution >= 0.6 is 0 Å². The SMILES string of the molecule is O=C1C(=Cc2ccncc2)COc2cc(-c3ccccc3NS(=O)(=O)C(F)(F)F)ccc21. The molecule has 0 unspecified atom stereocenters. The van der Waals surface area contributed by atoms with Crippen molar-refractivity contribution in [3.05, 3.63) is 83.7 Å². The van der Waals surface area contributed by atoms with E-state index in [1.54, 1.807) is 41.4 Å². The number of carbonyl (C=O) groups excluding carboxylic acids is 1. The molecule has 3 aromatic rings. The van der Waals surface area contributed by atoms with Crippen LogP contribution in [0.15, 0.2) is 72.6 Å². The maximum absolute atomic E-state index is 12.9. The molecule has 0 amide bonds. The fourth-order valence-corrected chi connectivity index (χ4v) is 3.77. The molecule has 32 heavy (non-hydrogen) atoms. The number of benzene rings is 2. The van der Waals surface area contributed by atoms with Crippen LogP contribution in [0.5, 0.6) is 5.75 Å². The Morgan fingerprint density at radius 2 is 1.72 bits per heavy atom. The number of nitrogens with one attached hydrogen (secondary N) is 1. The molecule has 1 aliphatic heterocycles. The number of para-hydroxylation sites is 1. The monoisotopic (exact) mass is 460 g/mol. The Hall–Kier alpha value is -3.66. The highest BCUT2D eigenvalue weighted by molar-refractivity contribution is 7.93. The minimum atomic E-state index is -5.59. The summed E-state index contributed by atoms with van der Waals surface area (Å²) in [5, 5.41) is 0. The molecule has 0 bridgehead atoms. The number of nitrogens with zero attached hydrogens (tertiary/aromatic N) is 1. The van der Waals surface area contributed by atoms with Gasteiger partial charge in [0, 0.05) is 23.5 Å². The number of ether oxygens (including phenoxy) is 1. The Bertz CT molecular complexity index is 1320. The van der Waals surface area contributed by atoms with E-state index >= 15 is 0 Å². The van der Waals surface area contributed by atoms with Gasteiger partial charge in [-0.05, 0) is 47.5 Å². The van der Waals surface area contributed by atoms with Crippen LogP contribution in [0, 0.1) is 0 Å². The molecule has 1 aromatic heterocycles. The Morgan fingerprint density at radius 1 is 1.00 bits per heavy atom. The van der Waals surface area contributed by atoms with Crippen molar-refractivity contribution in [1.82, 2.24) is 4.98 Å². The predicted molar refractivity (Wildman–Crippen MR) is 113 cm³/mol. The number of rotatable bonds is 4. The van der Waals surface area contributed by atoms with Crippen molar-refractivity contribution in [3.8, 4) is 16.9 Å². The zero-order valence-corrected chi connectivity index (χ0v) is 17.1. The summed E-state index contributed by atoms with van der Waals surface area (Å²) in [5.41, 5.74) is -3.58. The number of aromatic nitrogens is 1. The number of Topliss-reactive ketones (excluding diaryl/α,β-unsaturated/α-hetero) is 1. The first-order valence-corrected chi connectivity index (χ1v) is 10.7. The topological polar surface area (TPSA) is 85.4 Å². The molecule has 1 N–H and O–H groups in total. The minimum Gasteiger partial charge on any atom is -0.488 e. The quantitative estimate of drug-likeness (QED) is 0.572. The van der Waals surface area contributed by atoms with Crippen molar-refractivity contribution in [1.29, 1.82) is 0 Å². The number of alkyl halides is 3. The first-order valence-electron chi connectivity index (χ1n) is 9.26. The van der Waals surface area contributed by atoms with Gasteiger partial charge in [0.1, 0.15) is 12.4 Å². The molecule has 0 radical (unpaired) electrons. The summed E-state index contributed by atoms with van der Waals surface area (Å²) in [5.74, 6) is 0.0218. The molecule has 0 fully saturated rings. The van der Waals surface area contributed by atoms with Crippen molar-refractivity contribution in [2.45, 2.75) is 5.51 Å². The predicted octanol–water partition coefficient (Wildman–Crippen LogP) is 4.67. The van der Waals surface area contributed by atoms with E-state index in [0.29, 0.717) is 16.7 Å². The zero-order chi connectivity index (χ0) is 22.9. The van der Waals surface area contributed by atoms with Crippen LogP contribution in [-0.2, 0) is 10.0 Å². The number of fused-ring (bicyclic) bond motifs is 1. The average molecular weight is 460 g/mol. The Labute approximate surface area is 181 Å². The van der Waals surface area contributed by atoms with Crippen molar-refractivity contribution in [2.24, 2.45) is 0 Å². The number of ketones is 1. The summed E-state index contributed by atoms with van der Waals surface area (Å²) >= 11 is 0. The molecule has 0 saturated carbocycles. The maximum Gasteiger partial charge on any atom is 0.516 e. The van der Waals surface area contributed by atoms with Gasteiger partial charge in [-0.1, -0.05) is 24.3 Å². The molecule has 0 aliphatic carbocycles. The number of halogens is 3. The van der Waals surface area contributed by atoms with E-state index in [-0.39, 0.29) is 29.4 Å². The van der Waals surface area contributed by atoms with Crippen LogP contribution in [0.2, 0.25) is 0 Å². The van der Waals surface area contributed by atoms with Gasteiger partial charge in [0.05, 0.1) is 11.3 Å². The summed E-state index contributed by atoms with van der Waals surface area (Å²) < 4.78 is 68.8. The Kier molecular flexibility index (Phi) is 5.47. The molecule has 2 heterocycles. The summed E-state index contributed by atoms with van der Waals surface area (Å²) in [6.45, 7) is 0.0138. The summed E-state index contributed by atoms with van der Waals surface area (Å²) in [6.07, 6.45) is 4.90. The maximum atomic E-state index is 12.9. The first kappa shape index (κ1) is 21.6. The standard InChI is InChI=1S/C22H15F3N2O4S/c23-22(24,25)32(29,30)27-19-4-2-1-3-17(19)15-5-6-18-20(12-15)31-13-16(21(18)28)11-14-7-9-26-10-8-14/h1-12,27H,13H2. The fourth-order valence-electron chi connectivity index (χ4n) is 3.19. The van der Waals surface area contributed by atoms with Crippen LogP contribution in [0.3, 0.4) is 0 Å². The van der Waals surface area contributed by atoms with Crippen molar-refractivity contribution < 1.29 is 31.1 Å². The third-order valence-electron chi connectivity index (χ3n) is 4.74. The van der Waals surface area contributed by atoms with Gasteiger partial charge < -0.3 is 4.74 Å². The lowest BCUT2D eigenvalue weighted by Crippen LogP contribution is -2.30. The number of pyridine rings is 1. The number of carbonyl (C=O) groups is 1. The molecule has 6 nitrogen and oxygen atoms in total. The second-order valence-electron chi connectivity index (χ2n) is 6.88. The van der Waals surface area contributed by atoms with E-state index in [2.05, 4.69) is 4.98 Å². The lowest BCUT2D eigenvalue weighted by molar-refractivity contribution is -0.0429. The van der Waals surface area contributed by atoms with E-state index in [1.165, 1.54) is 36.4 Å². The minimum absolute atomic E-state index is 0.0138. The van der Waals surface area contributed by atoms with Crippen LogP contribution in [-0.4, -0.2) is 31.3 Å². The Morgan fingerprint density at radius 3 is 2.44 bits per heavy atom. The fraction of sp³-hybridized carbons (Fsp3) is 0.0909. The normalized spacial score (nSPS) is 15.2. The number of hydrogen-bond acceptors (Lipinski definition) is 5. The number of hydrogen-bond donors (Lipinski definition) is 1. The van der Waals surface area contributed by atoms with Gasteiger partial charge in [0.2, 0.25) is 0 Å². The lowest BCUT2D eigenvalue weighted by Gasteiger charge is -2.20. The van der Waals surface area contributed by atoms with Gasteiger partial charge in [-0.25, -0.2) is 0 Å². The first-order chi connectivity index (χ1) is 15.2. The second kappa shape index (κ2) is 8.12. The van der Waals surface area contributed by atoms with E-state index < -0.39 is 15.5 Å². The summed E-state index contributed by atoms with van der Waals surface area (Å²) in [7, 11) is -5.59. The van der Waals surface area contributed by atoms with E-state index in [1.807, 2.05) is 0 Å². The van der Waals surface area contributed by atoms with Gasteiger partial charge >= 0.3 is 15.5 Å². The van der Waals surface area contributed by atoms with Crippen LogP contribution in [0.1, 0.15) is 15.9 Å². The highest BCUT2D eigenvalue weighted by atomic mass is 32.2. The molecular weight excluding hydrogens is 445 g/mol. The van der Waals surface area contributed by atoms with E-state index in [0.717, 1.165) is 5.56 Å². The largest absolute Gasteiger partial charge is 0.516 e. The van der Waals surface area contributed by atoms with Gasteiger partial charge in [-0.3, -0.25) is 14.5 Å². The average Bonchev–Trinajstić information content (AvgIpc) is 2.75. The molecule has 4 rings (SSSR count). The van der Waals surface area contributed by atoms with Gasteiger partial charge in [-0.2, -0.15) is 21.6 Å². The van der Waals surface area contributed by atoms with E-state index in [9.17, 15) is 26.4 Å². The highest BCUT2D eigenvalue weighted by Gasteiger charge is 2.46. The molecule has 0 atom stereocenters. The molecule has 0 saturated heterocycles. The molecule has 10 heteroatoms. The molecular formula is C22H15F3N2O4S. The van der Waals surface area contributed by atoms with E-state index in [4.69, 9.17) is 4.74 Å². The summed E-state index contributed by atoms with van der Waals surface area (Å²) in [4.78, 5) is 16.8. The molecule has 0 spiro atoms. The van der Waals surface area contributed by atoms with Crippen LogP contribution < -0.4 is 9.46 Å². The lowest BCUT2D eigenvalue weighted by atomic mass is 9.95. The molecule has 2 aromatic carbocycles. The van der Waals surface area contributed by atoms with Gasteiger partial charge in [0.25, 0.3) is 0 Å². The van der Waals surface area contributed by atoms with Crippen molar-refractivity contribution >= 4 is 27.6 Å². The third-order valence-corrected chi connectivity index (χ3v) is 5.83. The molecule has 1 aliphatic rings. The second-order valence-corrected chi connectivity index (χ2v) is 8.55. The van der Waals surface area contributed by atoms with Crippen LogP contribution in [0.4, 0.5) is 18.9 Å². The zero-order valence-electron chi connectivity index (χ0n) is 16.3. The number of anilines is 1. The number of sulfonamides is 1. The van der Waals surface area contributed by atoms with Gasteiger partial charge in [0.15, 0.2) is 5.78 Å². The highest BCUT2D eigenvalue weighted by Crippen LogP contribution is 2.36. The molecule has 164 valence electrons. The smallest absolute Gasteiger partial charge is 0.488 e. The summed E-state index contributed by atoms with van der Waals surface area (Å²) in [6, 6.07) is 13.7. The van der Waals surface area contributed by atoms with Crippen molar-refractivity contribution in [2.75, 3.05) is 11.3 Å². The van der Waals surface area contributed by atoms with Crippen molar-refractivity contribution in [3.63, 3.8) is 0 Å². The third kappa shape index (κ3) is 4.22. The Balaban J connectivity index is 1.67. The van der Waals surface area contributed by atoms with Gasteiger partial charge in [-0.15, -0.1) is 0 Å².